The molecule has 2 heterocycles. The van der Waals surface area contributed by atoms with Gasteiger partial charge in [-0.3, -0.25) is 9.89 Å². The van der Waals surface area contributed by atoms with Crippen LogP contribution in [0, 0.1) is 0 Å². The number of halogens is 2. The molecule has 27 heavy (non-hydrogen) atoms. The zero-order chi connectivity index (χ0) is 19.3. The van der Waals surface area contributed by atoms with Crippen LogP contribution in [0.4, 0.5) is 0 Å². The number of nitrogens with zero attached hydrogens (tertiary/aromatic N) is 3. The van der Waals surface area contributed by atoms with Crippen molar-refractivity contribution in [3.8, 4) is 0 Å². The Labute approximate surface area is 176 Å². The third kappa shape index (κ3) is 5.24. The fourth-order valence-electron chi connectivity index (χ4n) is 3.75. The summed E-state index contributed by atoms with van der Waals surface area (Å²) in [6, 6.07) is 5.75. The average Bonchev–Trinajstić information content (AvgIpc) is 3.16. The van der Waals surface area contributed by atoms with Gasteiger partial charge in [-0.05, 0) is 29.9 Å². The molecule has 5 nitrogen and oxygen atoms in total. The van der Waals surface area contributed by atoms with Gasteiger partial charge in [0, 0.05) is 51.6 Å². The lowest BCUT2D eigenvalue weighted by Crippen LogP contribution is -2.60. The van der Waals surface area contributed by atoms with Gasteiger partial charge in [0.2, 0.25) is 0 Å². The Morgan fingerprint density at radius 3 is 2.74 bits per heavy atom. The van der Waals surface area contributed by atoms with Crippen molar-refractivity contribution in [3.05, 3.63) is 33.8 Å². The molecule has 8 heteroatoms. The highest BCUT2D eigenvalue weighted by Crippen LogP contribution is 2.33. The summed E-state index contributed by atoms with van der Waals surface area (Å²) in [7, 11) is 3.88. The van der Waals surface area contributed by atoms with Gasteiger partial charge in [0.25, 0.3) is 0 Å². The predicted molar refractivity (Wildman–Crippen MR) is 116 cm³/mol. The first-order valence-corrected chi connectivity index (χ1v) is 11.2. The molecule has 2 saturated heterocycles. The van der Waals surface area contributed by atoms with Crippen molar-refractivity contribution in [1.29, 1.82) is 0 Å². The zero-order valence-electron chi connectivity index (χ0n) is 16.0. The van der Waals surface area contributed by atoms with Gasteiger partial charge in [-0.1, -0.05) is 29.3 Å². The Bertz CT molecular complexity index is 661. The zero-order valence-corrected chi connectivity index (χ0v) is 18.3. The largest absolute Gasteiger partial charge is 0.379 e. The molecule has 2 aliphatic heterocycles. The monoisotopic (exact) mass is 430 g/mol. The molecule has 1 aromatic carbocycles. The normalized spacial score (nSPS) is 24.2. The number of aliphatic imine (C=N–C) groups is 1. The lowest BCUT2D eigenvalue weighted by molar-refractivity contribution is -0.0121. The molecule has 3 rings (SSSR count). The molecule has 1 unspecified atom stereocenters. The molecule has 2 fully saturated rings. The highest BCUT2D eigenvalue weighted by atomic mass is 35.5. The van der Waals surface area contributed by atoms with Gasteiger partial charge in [-0.25, -0.2) is 0 Å². The molecule has 2 aliphatic rings. The maximum atomic E-state index is 6.15. The number of morpholine rings is 1. The second-order valence-electron chi connectivity index (χ2n) is 7.13. The van der Waals surface area contributed by atoms with Crippen molar-refractivity contribution < 1.29 is 4.74 Å². The van der Waals surface area contributed by atoms with Gasteiger partial charge >= 0.3 is 0 Å². The molecule has 0 saturated carbocycles. The molecule has 150 valence electrons. The van der Waals surface area contributed by atoms with E-state index in [1.54, 1.807) is 0 Å². The smallest absolute Gasteiger partial charge is 0.193 e. The average molecular weight is 431 g/mol. The molecule has 0 aliphatic carbocycles. The van der Waals surface area contributed by atoms with E-state index < -0.39 is 0 Å². The molecule has 0 radical (unpaired) electrons. The molecular weight excluding hydrogens is 403 g/mol. The van der Waals surface area contributed by atoms with Crippen LogP contribution in [0.3, 0.4) is 0 Å². The minimum absolute atomic E-state index is 0.189. The second kappa shape index (κ2) is 9.70. The molecule has 0 spiro atoms. The maximum absolute atomic E-state index is 6.15. The van der Waals surface area contributed by atoms with Crippen molar-refractivity contribution in [2.45, 2.75) is 18.5 Å². The highest BCUT2D eigenvalue weighted by molar-refractivity contribution is 7.99. The topological polar surface area (TPSA) is 40.1 Å². The Hall–Kier alpha value is -0.660. The standard InChI is InChI=1S/C19H28Cl2N4OS/c1-22-18(24(2)12-15-3-4-16(20)17(21)11-15)23-13-19(5-10-27-14-19)25-6-8-26-9-7-25/h3-4,11H,5-10,12-14H2,1-2H3,(H,22,23). The molecule has 1 N–H and O–H groups in total. The molecule has 0 amide bonds. The summed E-state index contributed by atoms with van der Waals surface area (Å²) in [4.78, 5) is 9.21. The van der Waals surface area contributed by atoms with E-state index in [4.69, 9.17) is 27.9 Å². The number of guanidine groups is 1. The highest BCUT2D eigenvalue weighted by Gasteiger charge is 2.40. The van der Waals surface area contributed by atoms with E-state index in [1.165, 1.54) is 12.2 Å². The van der Waals surface area contributed by atoms with Crippen LogP contribution in [0.15, 0.2) is 23.2 Å². The van der Waals surface area contributed by atoms with Crippen molar-refractivity contribution in [2.75, 3.05) is 58.4 Å². The lowest BCUT2D eigenvalue weighted by Gasteiger charge is -2.43. The number of hydrogen-bond acceptors (Lipinski definition) is 4. The molecule has 1 atom stereocenters. The van der Waals surface area contributed by atoms with Crippen LogP contribution in [-0.2, 0) is 11.3 Å². The summed E-state index contributed by atoms with van der Waals surface area (Å²) in [6.45, 7) is 5.31. The third-order valence-electron chi connectivity index (χ3n) is 5.32. The van der Waals surface area contributed by atoms with Crippen molar-refractivity contribution in [3.63, 3.8) is 0 Å². The molecule has 0 aromatic heterocycles. The van der Waals surface area contributed by atoms with Crippen molar-refractivity contribution in [2.24, 2.45) is 4.99 Å². The summed E-state index contributed by atoms with van der Waals surface area (Å²) >= 11 is 14.2. The van der Waals surface area contributed by atoms with Gasteiger partial charge in [-0.15, -0.1) is 0 Å². The van der Waals surface area contributed by atoms with E-state index in [2.05, 4.69) is 20.1 Å². The van der Waals surface area contributed by atoms with E-state index in [0.717, 1.165) is 56.7 Å². The van der Waals surface area contributed by atoms with Crippen molar-refractivity contribution in [1.82, 2.24) is 15.1 Å². The van der Waals surface area contributed by atoms with Crippen LogP contribution in [-0.4, -0.2) is 79.7 Å². The van der Waals surface area contributed by atoms with Crippen LogP contribution in [0.5, 0.6) is 0 Å². The molecule has 0 bridgehead atoms. The van der Waals surface area contributed by atoms with Crippen LogP contribution < -0.4 is 5.32 Å². The Morgan fingerprint density at radius 2 is 2.11 bits per heavy atom. The van der Waals surface area contributed by atoms with E-state index in [0.29, 0.717) is 10.0 Å². The quantitative estimate of drug-likeness (QED) is 0.573. The number of hydrogen-bond donors (Lipinski definition) is 1. The third-order valence-corrected chi connectivity index (χ3v) is 7.29. The molecular formula is C19H28Cl2N4OS. The Balaban J connectivity index is 1.62. The van der Waals surface area contributed by atoms with Crippen LogP contribution in [0.2, 0.25) is 10.0 Å². The summed E-state index contributed by atoms with van der Waals surface area (Å²) < 4.78 is 5.55. The number of benzene rings is 1. The van der Waals surface area contributed by atoms with Crippen LogP contribution >= 0.6 is 35.0 Å². The fraction of sp³-hybridized carbons (Fsp3) is 0.632. The maximum Gasteiger partial charge on any atom is 0.193 e. The number of rotatable bonds is 5. The SMILES string of the molecule is CN=C(NCC1(N2CCOCC2)CCSC1)N(C)Cc1ccc(Cl)c(Cl)c1. The number of ether oxygens (including phenoxy) is 1. The van der Waals surface area contributed by atoms with E-state index in [9.17, 15) is 0 Å². The van der Waals surface area contributed by atoms with E-state index >= 15 is 0 Å². The predicted octanol–water partition coefficient (Wildman–Crippen LogP) is 3.21. The fourth-order valence-corrected chi connectivity index (χ4v) is 5.55. The lowest BCUT2D eigenvalue weighted by atomic mass is 9.95. The first-order valence-electron chi connectivity index (χ1n) is 9.30. The second-order valence-corrected chi connectivity index (χ2v) is 9.05. The molecule has 1 aromatic rings. The first-order chi connectivity index (χ1) is 13.0. The van der Waals surface area contributed by atoms with Crippen LogP contribution in [0.25, 0.3) is 0 Å². The van der Waals surface area contributed by atoms with Gasteiger partial charge in [-0.2, -0.15) is 11.8 Å². The van der Waals surface area contributed by atoms with Gasteiger partial charge in [0.15, 0.2) is 5.96 Å². The number of thioether (sulfide) groups is 1. The minimum atomic E-state index is 0.189. The van der Waals surface area contributed by atoms with Crippen LogP contribution in [0.1, 0.15) is 12.0 Å². The summed E-state index contributed by atoms with van der Waals surface area (Å²) in [5.74, 6) is 3.27. The van der Waals surface area contributed by atoms with Gasteiger partial charge in [0.1, 0.15) is 0 Å². The Morgan fingerprint density at radius 1 is 1.33 bits per heavy atom. The summed E-state index contributed by atoms with van der Waals surface area (Å²) in [6.07, 6.45) is 1.21. The first kappa shape index (κ1) is 21.1. The minimum Gasteiger partial charge on any atom is -0.379 e. The number of nitrogens with one attached hydrogen (secondary N) is 1. The van der Waals surface area contributed by atoms with E-state index in [1.807, 2.05) is 44.1 Å². The van der Waals surface area contributed by atoms with Gasteiger partial charge < -0.3 is 15.0 Å². The summed E-state index contributed by atoms with van der Waals surface area (Å²) in [5, 5.41) is 4.78. The summed E-state index contributed by atoms with van der Waals surface area (Å²) in [5.41, 5.74) is 1.30. The van der Waals surface area contributed by atoms with E-state index in [-0.39, 0.29) is 5.54 Å². The Kier molecular flexibility index (Phi) is 7.57. The van der Waals surface area contributed by atoms with Crippen molar-refractivity contribution >= 4 is 40.9 Å². The van der Waals surface area contributed by atoms with Gasteiger partial charge in [0.05, 0.1) is 23.3 Å².